The van der Waals surface area contributed by atoms with E-state index in [-0.39, 0.29) is 26.8 Å². The topological polar surface area (TPSA) is 58.9 Å². The third kappa shape index (κ3) is 6.66. The van der Waals surface area contributed by atoms with E-state index < -0.39 is 0 Å². The number of aromatic nitrogens is 3. The number of hydrogen-bond donors (Lipinski definition) is 1. The monoisotopic (exact) mass is 711 g/mol. The molecule has 0 fully saturated rings. The first-order valence-electron chi connectivity index (χ1n) is 12.8. The second-order valence-corrected chi connectivity index (χ2v) is 10.9. The number of phenolic OH excluding ortho intramolecular Hbond substituents is 1. The summed E-state index contributed by atoms with van der Waals surface area (Å²) in [4.78, 5) is 15.4. The summed E-state index contributed by atoms with van der Waals surface area (Å²) in [5, 5.41) is 11.7. The van der Waals surface area contributed by atoms with Crippen LogP contribution in [-0.4, -0.2) is 20.1 Å². The summed E-state index contributed by atoms with van der Waals surface area (Å²) in [5.41, 5.74) is 7.09. The first-order chi connectivity index (χ1) is 18.4. The number of rotatable bonds is 7. The Morgan fingerprint density at radius 1 is 0.769 bits per heavy atom. The van der Waals surface area contributed by atoms with Gasteiger partial charge < -0.3 is 5.11 Å². The molecule has 0 spiro atoms. The zero-order chi connectivity index (χ0) is 26.6. The first kappa shape index (κ1) is 28.7. The van der Waals surface area contributed by atoms with Gasteiger partial charge in [-0.15, -0.1) is 29.8 Å². The van der Waals surface area contributed by atoms with Crippen LogP contribution < -0.4 is 0 Å². The standard InChI is InChI=1S/C33H30N3OS.Pt/c1-21(2)24-16-25(22(3)4)18-26(17-24)32-33(28-12-5-6-13-30(28)37)36-29(20-35-32)23-10-9-11-27(19-23)38-31-14-7-8-15-34-31;/h5-18,20-22,37H,1-4H3;/q-1;. The summed E-state index contributed by atoms with van der Waals surface area (Å²) in [7, 11) is 0. The minimum Gasteiger partial charge on any atom is -0.507 e. The fourth-order valence-electron chi connectivity index (χ4n) is 4.25. The third-order valence-electron chi connectivity index (χ3n) is 6.41. The van der Waals surface area contributed by atoms with Gasteiger partial charge in [-0.2, -0.15) is 0 Å². The molecule has 0 aliphatic heterocycles. The van der Waals surface area contributed by atoms with Gasteiger partial charge in [-0.25, -0.2) is 4.98 Å². The van der Waals surface area contributed by atoms with Crippen LogP contribution in [0.1, 0.15) is 50.7 Å². The predicted octanol–water partition coefficient (Wildman–Crippen LogP) is 8.77. The van der Waals surface area contributed by atoms with Gasteiger partial charge in [0.05, 0.1) is 16.4 Å². The quantitative estimate of drug-likeness (QED) is 0.171. The van der Waals surface area contributed by atoms with Gasteiger partial charge in [-0.1, -0.05) is 68.6 Å². The molecule has 200 valence electrons. The molecule has 0 amide bonds. The Balaban J connectivity index is 0.00000353. The molecule has 0 saturated carbocycles. The fraction of sp³-hybridized carbons (Fsp3) is 0.182. The van der Waals surface area contributed by atoms with Crippen LogP contribution in [0.2, 0.25) is 0 Å². The van der Waals surface area contributed by atoms with Gasteiger partial charge in [0.1, 0.15) is 5.75 Å². The van der Waals surface area contributed by atoms with Gasteiger partial charge in [0, 0.05) is 50.3 Å². The molecule has 5 rings (SSSR count). The van der Waals surface area contributed by atoms with E-state index in [9.17, 15) is 5.11 Å². The number of benzene rings is 3. The van der Waals surface area contributed by atoms with E-state index in [0.29, 0.717) is 28.8 Å². The summed E-state index contributed by atoms with van der Waals surface area (Å²) < 4.78 is 0. The van der Waals surface area contributed by atoms with Crippen molar-refractivity contribution in [1.29, 1.82) is 0 Å². The van der Waals surface area contributed by atoms with Crippen LogP contribution in [0.25, 0.3) is 33.8 Å². The minimum absolute atomic E-state index is 0. The molecule has 2 heterocycles. The molecule has 2 aromatic heterocycles. The van der Waals surface area contributed by atoms with E-state index in [2.05, 4.69) is 56.9 Å². The fourth-order valence-corrected chi connectivity index (χ4v) is 5.04. The molecular weight excluding hydrogens is 682 g/mol. The van der Waals surface area contributed by atoms with E-state index >= 15 is 0 Å². The van der Waals surface area contributed by atoms with Crippen LogP contribution in [0.5, 0.6) is 5.75 Å². The molecule has 0 unspecified atom stereocenters. The van der Waals surface area contributed by atoms with Gasteiger partial charge in [0.2, 0.25) is 0 Å². The average Bonchev–Trinajstić information content (AvgIpc) is 2.93. The Morgan fingerprint density at radius 2 is 1.49 bits per heavy atom. The maximum Gasteiger partial charge on any atom is 0.125 e. The predicted molar refractivity (Wildman–Crippen MR) is 155 cm³/mol. The van der Waals surface area contributed by atoms with Gasteiger partial charge in [0.25, 0.3) is 0 Å². The molecule has 0 aliphatic rings. The summed E-state index contributed by atoms with van der Waals surface area (Å²) in [6, 6.07) is 29.3. The Kier molecular flexibility index (Phi) is 9.37. The molecule has 39 heavy (non-hydrogen) atoms. The van der Waals surface area contributed by atoms with E-state index in [0.717, 1.165) is 26.7 Å². The van der Waals surface area contributed by atoms with Crippen LogP contribution in [0.3, 0.4) is 0 Å². The molecule has 0 aliphatic carbocycles. The van der Waals surface area contributed by atoms with Crippen molar-refractivity contribution in [3.05, 3.63) is 108 Å². The van der Waals surface area contributed by atoms with Crippen molar-refractivity contribution in [3.8, 4) is 39.5 Å². The molecule has 5 aromatic rings. The van der Waals surface area contributed by atoms with Crippen LogP contribution >= 0.6 is 11.8 Å². The zero-order valence-corrected chi connectivity index (χ0v) is 25.4. The van der Waals surface area contributed by atoms with Crippen molar-refractivity contribution >= 4 is 11.8 Å². The summed E-state index contributed by atoms with van der Waals surface area (Å²) in [6.45, 7) is 8.81. The molecule has 1 N–H and O–H groups in total. The molecule has 6 heteroatoms. The number of phenols is 1. The molecule has 3 aromatic carbocycles. The Bertz CT molecular complexity index is 1540. The maximum atomic E-state index is 10.8. The minimum atomic E-state index is 0. The van der Waals surface area contributed by atoms with Crippen molar-refractivity contribution in [2.75, 3.05) is 0 Å². The van der Waals surface area contributed by atoms with Crippen LogP contribution in [0, 0.1) is 6.07 Å². The summed E-state index contributed by atoms with van der Waals surface area (Å²) in [6.07, 6.45) is 3.59. The van der Waals surface area contributed by atoms with Crippen LogP contribution in [0.4, 0.5) is 0 Å². The largest absolute Gasteiger partial charge is 0.507 e. The summed E-state index contributed by atoms with van der Waals surface area (Å²) >= 11 is 1.55. The van der Waals surface area contributed by atoms with E-state index in [4.69, 9.17) is 9.97 Å². The summed E-state index contributed by atoms with van der Waals surface area (Å²) in [5.74, 6) is 0.928. The van der Waals surface area contributed by atoms with E-state index in [1.165, 1.54) is 11.1 Å². The normalized spacial score (nSPS) is 11.0. The molecule has 0 atom stereocenters. The van der Waals surface area contributed by atoms with Crippen molar-refractivity contribution in [2.45, 2.75) is 49.5 Å². The average molecular weight is 712 g/mol. The van der Waals surface area contributed by atoms with Gasteiger partial charge >= 0.3 is 0 Å². The third-order valence-corrected chi connectivity index (χ3v) is 7.32. The van der Waals surface area contributed by atoms with Gasteiger partial charge in [-0.05, 0) is 59.4 Å². The molecule has 0 saturated heterocycles. The van der Waals surface area contributed by atoms with Crippen molar-refractivity contribution in [3.63, 3.8) is 0 Å². The van der Waals surface area contributed by atoms with Gasteiger partial charge in [-0.3, -0.25) is 9.97 Å². The number of hydrogen-bond acceptors (Lipinski definition) is 5. The van der Waals surface area contributed by atoms with Gasteiger partial charge in [0.15, 0.2) is 0 Å². The molecule has 0 bridgehead atoms. The second kappa shape index (κ2) is 12.7. The van der Waals surface area contributed by atoms with E-state index in [1.54, 1.807) is 30.2 Å². The maximum absolute atomic E-state index is 10.8. The number of pyridine rings is 1. The van der Waals surface area contributed by atoms with Crippen molar-refractivity contribution < 1.29 is 26.2 Å². The van der Waals surface area contributed by atoms with Crippen LogP contribution in [0.15, 0.2) is 101 Å². The smallest absolute Gasteiger partial charge is 0.125 e. The zero-order valence-electron chi connectivity index (χ0n) is 22.3. The second-order valence-electron chi connectivity index (χ2n) is 9.87. The van der Waals surface area contributed by atoms with E-state index in [1.807, 2.05) is 54.6 Å². The number of aromatic hydroxyl groups is 1. The molecule has 0 radical (unpaired) electrons. The number of para-hydroxylation sites is 1. The Hall–Kier alpha value is -3.27. The molecule has 4 nitrogen and oxygen atoms in total. The SMILES string of the molecule is CC(C)c1cc(-c2ncc(-c3[c-]c(Sc4ccccn4)ccc3)nc2-c2ccccc2O)cc(C(C)C)c1.[Pt]. The van der Waals surface area contributed by atoms with Crippen LogP contribution in [-0.2, 0) is 21.1 Å². The van der Waals surface area contributed by atoms with Crippen molar-refractivity contribution in [1.82, 2.24) is 15.0 Å². The first-order valence-corrected chi connectivity index (χ1v) is 13.6. The Labute approximate surface area is 249 Å². The van der Waals surface area contributed by atoms with Crippen molar-refractivity contribution in [2.24, 2.45) is 0 Å². The Morgan fingerprint density at radius 3 is 2.15 bits per heavy atom. The number of nitrogens with zero attached hydrogens (tertiary/aromatic N) is 3. The molecular formula is C33H30N3OPtS-.